The van der Waals surface area contributed by atoms with E-state index < -0.39 is 4.92 Å². The molecule has 0 radical (unpaired) electrons. The fourth-order valence-electron chi connectivity index (χ4n) is 1.66. The van der Waals surface area contributed by atoms with E-state index in [0.717, 1.165) is 11.8 Å². The van der Waals surface area contributed by atoms with Crippen molar-refractivity contribution in [1.82, 2.24) is 0 Å². The van der Waals surface area contributed by atoms with Crippen LogP contribution in [-0.4, -0.2) is 15.8 Å². The van der Waals surface area contributed by atoms with Gasteiger partial charge in [-0.05, 0) is 12.1 Å². The van der Waals surface area contributed by atoms with Crippen molar-refractivity contribution < 1.29 is 14.5 Å². The number of nitro benzene ring substituents is 1. The number of benzene rings is 2. The van der Waals surface area contributed by atoms with Crippen LogP contribution in [0.25, 0.3) is 0 Å². The molecule has 0 unspecified atom stereocenters. The van der Waals surface area contributed by atoms with Crippen molar-refractivity contribution in [3.63, 3.8) is 0 Å². The predicted molar refractivity (Wildman–Crippen MR) is 79.3 cm³/mol. The van der Waals surface area contributed by atoms with Crippen LogP contribution in [0, 0.1) is 10.1 Å². The van der Waals surface area contributed by atoms with Crippen LogP contribution in [0.4, 0.5) is 5.69 Å². The second-order valence-electron chi connectivity index (χ2n) is 4.19. The average Bonchev–Trinajstić information content (AvgIpc) is 2.48. The van der Waals surface area contributed by atoms with E-state index in [2.05, 4.69) is 0 Å². The second-order valence-corrected chi connectivity index (χ2v) is 5.32. The third-order valence-electron chi connectivity index (χ3n) is 2.68. The molecule has 0 fully saturated rings. The summed E-state index contributed by atoms with van der Waals surface area (Å²) in [6.45, 7) is 0. The first-order valence-corrected chi connectivity index (χ1v) is 6.91. The minimum atomic E-state index is -0.505. The maximum atomic E-state index is 11.9. The summed E-state index contributed by atoms with van der Waals surface area (Å²) in [5, 5.41) is 10.2. The third kappa shape index (κ3) is 4.25. The van der Waals surface area contributed by atoms with Crippen LogP contribution in [0.15, 0.2) is 59.5 Å². The van der Waals surface area contributed by atoms with Crippen LogP contribution in [0.1, 0.15) is 16.8 Å². The van der Waals surface area contributed by atoms with Crippen LogP contribution in [0.3, 0.4) is 0 Å². The average molecular weight is 301 g/mol. The second kappa shape index (κ2) is 6.81. The lowest BCUT2D eigenvalue weighted by atomic mass is 10.1. The van der Waals surface area contributed by atoms with Gasteiger partial charge >= 0.3 is 0 Å². The Morgan fingerprint density at radius 2 is 1.62 bits per heavy atom. The third-order valence-corrected chi connectivity index (χ3v) is 3.56. The molecule has 0 aromatic heterocycles. The number of Topliss-reactive ketones (excluding diaryl/α,β-unsaturated/α-hetero) is 1. The number of carbonyl (C=O) groups excluding carboxylic acids is 2. The summed E-state index contributed by atoms with van der Waals surface area (Å²) >= 11 is 0.905. The number of thioether (sulfide) groups is 1. The molecule has 0 atom stereocenters. The van der Waals surface area contributed by atoms with E-state index in [1.54, 1.807) is 30.3 Å². The molecule has 0 spiro atoms. The predicted octanol–water partition coefficient (Wildman–Crippen LogP) is 3.49. The Morgan fingerprint density at radius 1 is 1.00 bits per heavy atom. The van der Waals surface area contributed by atoms with E-state index >= 15 is 0 Å². The lowest BCUT2D eigenvalue weighted by molar-refractivity contribution is -0.384. The molecule has 5 nitrogen and oxygen atoms in total. The first-order valence-electron chi connectivity index (χ1n) is 6.09. The fourth-order valence-corrected chi connectivity index (χ4v) is 2.40. The zero-order chi connectivity index (χ0) is 15.2. The van der Waals surface area contributed by atoms with E-state index in [4.69, 9.17) is 0 Å². The van der Waals surface area contributed by atoms with Crippen molar-refractivity contribution in [2.24, 2.45) is 0 Å². The molecule has 0 saturated carbocycles. The number of hydrogen-bond acceptors (Lipinski definition) is 5. The monoisotopic (exact) mass is 301 g/mol. The molecule has 6 heteroatoms. The largest absolute Gasteiger partial charge is 0.294 e. The minimum absolute atomic E-state index is 0.0350. The van der Waals surface area contributed by atoms with E-state index in [1.807, 2.05) is 0 Å². The van der Waals surface area contributed by atoms with Crippen LogP contribution in [-0.2, 0) is 4.79 Å². The Bertz CT molecular complexity index is 668. The number of non-ortho nitro benzene ring substituents is 1. The zero-order valence-electron chi connectivity index (χ0n) is 10.9. The molecule has 21 heavy (non-hydrogen) atoms. The molecule has 0 aliphatic rings. The molecule has 0 heterocycles. The van der Waals surface area contributed by atoms with E-state index in [1.165, 1.54) is 24.3 Å². The van der Waals surface area contributed by atoms with Crippen LogP contribution in [0.5, 0.6) is 0 Å². The topological polar surface area (TPSA) is 77.3 Å². The van der Waals surface area contributed by atoms with Gasteiger partial charge in [0.05, 0.1) is 11.3 Å². The molecule has 2 rings (SSSR count). The lowest BCUT2D eigenvalue weighted by Crippen LogP contribution is -2.04. The molecule has 106 valence electrons. The standard InChI is InChI=1S/C15H11NO4S/c17-14(11-4-2-1-3-5-11)10-15(18)21-13-8-6-12(7-9-13)16(19)20/h1-9H,10H2. The fraction of sp³-hybridized carbons (Fsp3) is 0.0667. The van der Waals surface area contributed by atoms with Gasteiger partial charge < -0.3 is 0 Å². The Balaban J connectivity index is 1.95. The van der Waals surface area contributed by atoms with Crippen molar-refractivity contribution >= 4 is 28.3 Å². The Kier molecular flexibility index (Phi) is 4.84. The summed E-state index contributed by atoms with van der Waals surface area (Å²) in [6.07, 6.45) is -0.203. The number of nitro groups is 1. The minimum Gasteiger partial charge on any atom is -0.294 e. The van der Waals surface area contributed by atoms with Crippen LogP contribution < -0.4 is 0 Å². The lowest BCUT2D eigenvalue weighted by Gasteiger charge is -2.01. The van der Waals surface area contributed by atoms with Crippen molar-refractivity contribution in [1.29, 1.82) is 0 Å². The van der Waals surface area contributed by atoms with Gasteiger partial charge in [0.25, 0.3) is 5.69 Å². The molecule has 0 amide bonds. The van der Waals surface area contributed by atoms with Gasteiger partial charge in [0, 0.05) is 22.6 Å². The number of hydrogen-bond donors (Lipinski definition) is 0. The van der Waals surface area contributed by atoms with Gasteiger partial charge in [0.15, 0.2) is 5.78 Å². The molecule has 2 aromatic rings. The highest BCUT2D eigenvalue weighted by Gasteiger charge is 2.13. The Labute approximate surface area is 125 Å². The number of rotatable bonds is 5. The van der Waals surface area contributed by atoms with Crippen LogP contribution >= 0.6 is 11.8 Å². The molecule has 0 bridgehead atoms. The first-order chi connectivity index (χ1) is 10.1. The molecule has 0 aliphatic carbocycles. The maximum absolute atomic E-state index is 11.9. The molecule has 0 aliphatic heterocycles. The van der Waals surface area contributed by atoms with E-state index in [-0.39, 0.29) is 23.0 Å². The van der Waals surface area contributed by atoms with E-state index in [9.17, 15) is 19.7 Å². The molecule has 0 N–H and O–H groups in total. The Hall–Kier alpha value is -2.47. The summed E-state index contributed by atoms with van der Waals surface area (Å²) in [7, 11) is 0. The first kappa shape index (κ1) is 14.9. The maximum Gasteiger partial charge on any atom is 0.269 e. The summed E-state index contributed by atoms with van der Waals surface area (Å²) < 4.78 is 0. The van der Waals surface area contributed by atoms with Crippen molar-refractivity contribution in [3.8, 4) is 0 Å². The van der Waals surface area contributed by atoms with Gasteiger partial charge in [0.1, 0.15) is 0 Å². The SMILES string of the molecule is O=C(CC(=O)c1ccccc1)Sc1ccc([N+](=O)[O-])cc1. The summed E-state index contributed by atoms with van der Waals surface area (Å²) in [4.78, 5) is 34.3. The molecule has 2 aromatic carbocycles. The highest BCUT2D eigenvalue weighted by atomic mass is 32.2. The van der Waals surface area contributed by atoms with Crippen LogP contribution in [0.2, 0.25) is 0 Å². The number of ketones is 1. The van der Waals surface area contributed by atoms with Gasteiger partial charge in [-0.15, -0.1) is 0 Å². The van der Waals surface area contributed by atoms with Gasteiger partial charge in [-0.25, -0.2) is 0 Å². The highest BCUT2D eigenvalue weighted by Crippen LogP contribution is 2.23. The normalized spacial score (nSPS) is 10.1. The number of carbonyl (C=O) groups is 2. The van der Waals surface area contributed by atoms with Crippen molar-refractivity contribution in [2.75, 3.05) is 0 Å². The highest BCUT2D eigenvalue weighted by molar-refractivity contribution is 8.13. The molecule has 0 saturated heterocycles. The molecular weight excluding hydrogens is 290 g/mol. The smallest absolute Gasteiger partial charge is 0.269 e. The van der Waals surface area contributed by atoms with E-state index in [0.29, 0.717) is 10.5 Å². The van der Waals surface area contributed by atoms with Crippen molar-refractivity contribution in [3.05, 3.63) is 70.3 Å². The number of nitrogens with zero attached hydrogens (tertiary/aromatic N) is 1. The van der Waals surface area contributed by atoms with Gasteiger partial charge in [-0.2, -0.15) is 0 Å². The zero-order valence-corrected chi connectivity index (χ0v) is 11.7. The summed E-state index contributed by atoms with van der Waals surface area (Å²) in [5.41, 5.74) is 0.460. The summed E-state index contributed by atoms with van der Waals surface area (Å²) in [6, 6.07) is 14.2. The van der Waals surface area contributed by atoms with Gasteiger partial charge in [-0.3, -0.25) is 19.7 Å². The van der Waals surface area contributed by atoms with Gasteiger partial charge in [-0.1, -0.05) is 42.1 Å². The summed E-state index contributed by atoms with van der Waals surface area (Å²) in [5.74, 6) is -0.241. The quantitative estimate of drug-likeness (QED) is 0.278. The van der Waals surface area contributed by atoms with Gasteiger partial charge in [0.2, 0.25) is 5.12 Å². The Morgan fingerprint density at radius 3 is 2.19 bits per heavy atom. The van der Waals surface area contributed by atoms with Crippen molar-refractivity contribution in [2.45, 2.75) is 11.3 Å². The molecular formula is C15H11NO4S.